The number of unbranched alkanes of at least 4 members (excludes halogenated alkanes) is 8. The van der Waals surface area contributed by atoms with Crippen LogP contribution in [0.2, 0.25) is 10.6 Å². The highest BCUT2D eigenvalue weighted by atomic mass is 32.1. The van der Waals surface area contributed by atoms with Crippen molar-refractivity contribution in [3.05, 3.63) is 0 Å². The van der Waals surface area contributed by atoms with E-state index < -0.39 is 14.1 Å². The standard InChI is InChI=1S/2C7H15.CHS.Al/c2*1-3-5-7-6-4-2;1-2;/h2*1,3-7H2,2H3;1H;. The van der Waals surface area contributed by atoms with Crippen molar-refractivity contribution in [2.45, 2.75) is 88.6 Å². The fourth-order valence-electron chi connectivity index (χ4n) is 2.30. The lowest BCUT2D eigenvalue weighted by atomic mass is 10.2. The number of rotatable bonds is 13. The molecule has 0 radical (unpaired) electrons. The Morgan fingerprint density at radius 3 is 1.47 bits per heavy atom. The minimum atomic E-state index is -0.626. The van der Waals surface area contributed by atoms with E-state index in [2.05, 4.69) is 18.1 Å². The van der Waals surface area contributed by atoms with Gasteiger partial charge in [0.1, 0.15) is 0 Å². The van der Waals surface area contributed by atoms with Crippen molar-refractivity contribution in [3.8, 4) is 0 Å². The molecule has 17 heavy (non-hydrogen) atoms. The Balaban J connectivity index is 3.33. The Labute approximate surface area is 119 Å². The van der Waals surface area contributed by atoms with Crippen LogP contribution in [0.4, 0.5) is 0 Å². The van der Waals surface area contributed by atoms with Gasteiger partial charge in [-0.1, -0.05) is 92.9 Å². The molecule has 0 nitrogen and oxygen atoms in total. The van der Waals surface area contributed by atoms with Crippen LogP contribution in [-0.4, -0.2) is 18.4 Å². The summed E-state index contributed by atoms with van der Waals surface area (Å²) in [6, 6.07) is 0. The molecule has 0 heterocycles. The average molecular weight is 270 g/mol. The summed E-state index contributed by atoms with van der Waals surface area (Å²) in [6.07, 6.45) is 14.2. The van der Waals surface area contributed by atoms with E-state index in [1.54, 1.807) is 0 Å². The zero-order valence-corrected chi connectivity index (χ0v) is 14.0. The summed E-state index contributed by atoms with van der Waals surface area (Å²) in [5.41, 5.74) is 0. The van der Waals surface area contributed by atoms with Crippen molar-refractivity contribution in [1.29, 1.82) is 0 Å². The molecule has 0 saturated carbocycles. The molecule has 2 heteroatoms. The van der Waals surface area contributed by atoms with E-state index in [1.807, 2.05) is 0 Å². The Bertz CT molecular complexity index is 145. The second-order valence-corrected chi connectivity index (χ2v) is 9.07. The van der Waals surface area contributed by atoms with Crippen LogP contribution >= 0.6 is 12.2 Å². The number of hydrogen-bond acceptors (Lipinski definition) is 1. The minimum absolute atomic E-state index is 0.626. The molecule has 100 valence electrons. The van der Waals surface area contributed by atoms with Gasteiger partial charge >= 0.3 is 14.1 Å². The lowest BCUT2D eigenvalue weighted by Gasteiger charge is -2.06. The van der Waals surface area contributed by atoms with Crippen LogP contribution in [0.15, 0.2) is 0 Å². The van der Waals surface area contributed by atoms with Gasteiger partial charge in [-0.3, -0.25) is 0 Å². The van der Waals surface area contributed by atoms with Gasteiger partial charge in [-0.25, -0.2) is 0 Å². The fourth-order valence-corrected chi connectivity index (χ4v) is 5.30. The topological polar surface area (TPSA) is 0 Å². The lowest BCUT2D eigenvalue weighted by molar-refractivity contribution is 0.646. The van der Waals surface area contributed by atoms with Gasteiger partial charge < -0.3 is 0 Å². The summed E-state index contributed by atoms with van der Waals surface area (Å²) >= 11 is 4.59. The Morgan fingerprint density at radius 2 is 1.12 bits per heavy atom. The molecule has 0 rings (SSSR count). The summed E-state index contributed by atoms with van der Waals surface area (Å²) in [7, 11) is 0. The van der Waals surface area contributed by atoms with Crippen LogP contribution in [0.5, 0.6) is 0 Å². The fraction of sp³-hybridized carbons (Fsp3) is 0.933. The molecule has 0 spiro atoms. The van der Waals surface area contributed by atoms with E-state index in [1.165, 1.54) is 74.8 Å². The first-order chi connectivity index (χ1) is 8.35. The van der Waals surface area contributed by atoms with E-state index in [0.29, 0.717) is 0 Å². The smallest absolute Gasteiger partial charge is 0.113 e. The molecule has 0 aromatic carbocycles. The third-order valence-electron chi connectivity index (χ3n) is 3.55. The highest BCUT2D eigenvalue weighted by Crippen LogP contribution is 2.13. The first kappa shape index (κ1) is 17.6. The van der Waals surface area contributed by atoms with Crippen molar-refractivity contribution >= 4 is 30.6 Å². The molecular formula is C15H31AlS. The monoisotopic (exact) mass is 270 g/mol. The Kier molecular flexibility index (Phi) is 15.2. The third-order valence-corrected chi connectivity index (χ3v) is 7.39. The SMILES string of the molecule is CCCCCC[CH2][Al]([CH]=S)[CH2]CCCCCC. The van der Waals surface area contributed by atoms with E-state index in [0.717, 1.165) is 0 Å². The maximum atomic E-state index is 5.21. The van der Waals surface area contributed by atoms with E-state index in [-0.39, 0.29) is 0 Å². The van der Waals surface area contributed by atoms with Gasteiger partial charge in [-0.05, 0) is 0 Å². The first-order valence-corrected chi connectivity index (χ1v) is 10.6. The molecule has 0 N–H and O–H groups in total. The maximum absolute atomic E-state index is 5.21. The van der Waals surface area contributed by atoms with E-state index >= 15 is 0 Å². The van der Waals surface area contributed by atoms with Crippen LogP contribution in [0, 0.1) is 0 Å². The molecule has 0 atom stereocenters. The van der Waals surface area contributed by atoms with Gasteiger partial charge in [-0.15, -0.1) is 12.2 Å². The van der Waals surface area contributed by atoms with Crippen molar-refractivity contribution < 1.29 is 0 Å². The van der Waals surface area contributed by atoms with E-state index in [4.69, 9.17) is 12.2 Å². The second-order valence-electron chi connectivity index (χ2n) is 5.30. The molecule has 0 aliphatic carbocycles. The van der Waals surface area contributed by atoms with Crippen LogP contribution in [0.1, 0.15) is 78.1 Å². The number of thiocarbonyl (C=S) groups is 1. The van der Waals surface area contributed by atoms with Crippen molar-refractivity contribution in [1.82, 2.24) is 0 Å². The third kappa shape index (κ3) is 12.9. The molecule has 0 saturated heterocycles. The van der Waals surface area contributed by atoms with Crippen LogP contribution < -0.4 is 0 Å². The van der Waals surface area contributed by atoms with Gasteiger partial charge in [0.25, 0.3) is 0 Å². The molecule has 0 aliphatic heterocycles. The molecule has 0 amide bonds. The minimum Gasteiger partial charge on any atom is -0.113 e. The van der Waals surface area contributed by atoms with Crippen molar-refractivity contribution in [3.63, 3.8) is 0 Å². The summed E-state index contributed by atoms with van der Waals surface area (Å²) in [5, 5.41) is 2.95. The van der Waals surface area contributed by atoms with Crippen molar-refractivity contribution in [2.24, 2.45) is 0 Å². The zero-order chi connectivity index (χ0) is 12.8. The van der Waals surface area contributed by atoms with Gasteiger partial charge in [0.05, 0.1) is 0 Å². The Hall–Kier alpha value is 0.622. The van der Waals surface area contributed by atoms with Gasteiger partial charge in [-0.2, -0.15) is 0 Å². The average Bonchev–Trinajstić information content (AvgIpc) is 2.36. The zero-order valence-electron chi connectivity index (χ0n) is 12.0. The summed E-state index contributed by atoms with van der Waals surface area (Å²) in [4.78, 5) is 0. The highest BCUT2D eigenvalue weighted by molar-refractivity contribution is 7.82. The highest BCUT2D eigenvalue weighted by Gasteiger charge is 2.12. The van der Waals surface area contributed by atoms with Crippen LogP contribution in [0.25, 0.3) is 0 Å². The van der Waals surface area contributed by atoms with Crippen LogP contribution in [-0.2, 0) is 0 Å². The normalized spacial score (nSPS) is 10.5. The molecule has 0 bridgehead atoms. The quantitative estimate of drug-likeness (QED) is 0.226. The van der Waals surface area contributed by atoms with Gasteiger partial charge in [0.15, 0.2) is 0 Å². The second kappa shape index (κ2) is 14.7. The molecular weight excluding hydrogens is 239 g/mol. The van der Waals surface area contributed by atoms with Gasteiger partial charge in [0, 0.05) is 0 Å². The predicted molar refractivity (Wildman–Crippen MR) is 86.5 cm³/mol. The molecule has 0 fully saturated rings. The van der Waals surface area contributed by atoms with Crippen LogP contribution in [0.3, 0.4) is 0 Å². The molecule has 0 unspecified atom stereocenters. The van der Waals surface area contributed by atoms with E-state index in [9.17, 15) is 0 Å². The summed E-state index contributed by atoms with van der Waals surface area (Å²) < 4.78 is 2.17. The number of hydrogen-bond donors (Lipinski definition) is 0. The van der Waals surface area contributed by atoms with Crippen molar-refractivity contribution in [2.75, 3.05) is 0 Å². The molecule has 0 aromatic rings. The maximum Gasteiger partial charge on any atom is 0.311 e. The molecule has 0 aromatic heterocycles. The summed E-state index contributed by atoms with van der Waals surface area (Å²) in [5.74, 6) is 0. The Morgan fingerprint density at radius 1 is 0.706 bits per heavy atom. The lowest BCUT2D eigenvalue weighted by Crippen LogP contribution is -2.13. The molecule has 0 aliphatic rings. The predicted octanol–water partition coefficient (Wildman–Crippen LogP) is 5.96. The summed E-state index contributed by atoms with van der Waals surface area (Å²) in [6.45, 7) is 4.57. The van der Waals surface area contributed by atoms with Gasteiger partial charge in [0.2, 0.25) is 0 Å². The largest absolute Gasteiger partial charge is 0.311 e. The first-order valence-electron chi connectivity index (χ1n) is 7.80.